The lowest BCUT2D eigenvalue weighted by atomic mass is 9.90. The van der Waals surface area contributed by atoms with Crippen LogP contribution in [0.4, 0.5) is 11.5 Å². The van der Waals surface area contributed by atoms with Crippen LogP contribution in [0.15, 0.2) is 12.1 Å². The number of nitrogens with one attached hydrogen (secondary N) is 1. The molecule has 1 aliphatic rings. The molecule has 1 fully saturated rings. The lowest BCUT2D eigenvalue weighted by molar-refractivity contribution is -0.385. The molecule has 2 N–H and O–H groups in total. The number of carbonyl (C=O) groups is 1. The molecule has 2 heterocycles. The molecule has 0 atom stereocenters. The predicted octanol–water partition coefficient (Wildman–Crippen LogP) is 0.907. The fraction of sp³-hybridized carbons (Fsp3) is 0.417. The minimum Gasteiger partial charge on any atom is -0.480 e. The van der Waals surface area contributed by atoms with Crippen LogP contribution in [-0.4, -0.2) is 39.7 Å². The molecular formula is C12H12N4O5. The van der Waals surface area contributed by atoms with E-state index in [1.165, 1.54) is 6.07 Å². The van der Waals surface area contributed by atoms with Crippen molar-refractivity contribution in [3.8, 4) is 6.07 Å². The first-order valence-electron chi connectivity index (χ1n) is 6.13. The number of hydrogen-bond donors (Lipinski definition) is 2. The zero-order chi connectivity index (χ0) is 15.5. The van der Waals surface area contributed by atoms with Gasteiger partial charge in [0.15, 0.2) is 0 Å². The molecule has 0 unspecified atom stereocenters. The molecule has 21 heavy (non-hydrogen) atoms. The van der Waals surface area contributed by atoms with Gasteiger partial charge in [-0.2, -0.15) is 5.26 Å². The van der Waals surface area contributed by atoms with Gasteiger partial charge in [0.1, 0.15) is 17.4 Å². The van der Waals surface area contributed by atoms with Crippen molar-refractivity contribution in [2.75, 3.05) is 18.5 Å². The number of nitro groups is 1. The zero-order valence-electron chi connectivity index (χ0n) is 10.9. The highest BCUT2D eigenvalue weighted by molar-refractivity contribution is 5.82. The summed E-state index contributed by atoms with van der Waals surface area (Å²) < 4.78 is 5.14. The summed E-state index contributed by atoms with van der Waals surface area (Å²) in [5, 5.41) is 31.8. The van der Waals surface area contributed by atoms with E-state index in [2.05, 4.69) is 10.3 Å². The second-order valence-electron chi connectivity index (χ2n) is 4.56. The third kappa shape index (κ3) is 2.90. The Morgan fingerprint density at radius 3 is 2.71 bits per heavy atom. The monoisotopic (exact) mass is 292 g/mol. The summed E-state index contributed by atoms with van der Waals surface area (Å²) in [7, 11) is 0. The second kappa shape index (κ2) is 5.72. The van der Waals surface area contributed by atoms with Crippen LogP contribution in [-0.2, 0) is 9.53 Å². The molecule has 1 aliphatic heterocycles. The Bertz CT molecular complexity index is 619. The van der Waals surface area contributed by atoms with Gasteiger partial charge in [-0.25, -0.2) is 9.78 Å². The van der Waals surface area contributed by atoms with Gasteiger partial charge in [-0.3, -0.25) is 10.1 Å². The minimum atomic E-state index is -1.24. The van der Waals surface area contributed by atoms with Crippen LogP contribution in [0.1, 0.15) is 18.5 Å². The molecule has 0 aliphatic carbocycles. The molecule has 0 aromatic carbocycles. The van der Waals surface area contributed by atoms with Crippen LogP contribution < -0.4 is 5.32 Å². The summed E-state index contributed by atoms with van der Waals surface area (Å²) in [4.78, 5) is 25.3. The summed E-state index contributed by atoms with van der Waals surface area (Å²) in [5.41, 5.74) is -2.02. The van der Waals surface area contributed by atoms with Gasteiger partial charge in [0.2, 0.25) is 5.69 Å². The smallest absolute Gasteiger partial charge is 0.329 e. The van der Waals surface area contributed by atoms with Gasteiger partial charge < -0.3 is 15.2 Å². The third-order valence-electron chi connectivity index (χ3n) is 3.30. The normalized spacial score (nSPS) is 16.7. The molecule has 1 aromatic rings. The Morgan fingerprint density at radius 2 is 2.19 bits per heavy atom. The fourth-order valence-electron chi connectivity index (χ4n) is 2.11. The Hall–Kier alpha value is -2.73. The third-order valence-corrected chi connectivity index (χ3v) is 3.30. The Balaban J connectivity index is 2.32. The van der Waals surface area contributed by atoms with E-state index in [9.17, 15) is 20.0 Å². The summed E-state index contributed by atoms with van der Waals surface area (Å²) in [6.07, 6.45) is 0.478. The first-order chi connectivity index (χ1) is 9.98. The summed E-state index contributed by atoms with van der Waals surface area (Å²) in [6.45, 7) is 0.578. The topological polar surface area (TPSA) is 138 Å². The largest absolute Gasteiger partial charge is 0.480 e. The number of aromatic nitrogens is 1. The highest BCUT2D eigenvalue weighted by Gasteiger charge is 2.40. The first-order valence-corrected chi connectivity index (χ1v) is 6.13. The van der Waals surface area contributed by atoms with Crippen LogP contribution in [0, 0.1) is 21.4 Å². The highest BCUT2D eigenvalue weighted by Crippen LogP contribution is 2.27. The van der Waals surface area contributed by atoms with Gasteiger partial charge in [0.05, 0.1) is 4.92 Å². The maximum atomic E-state index is 11.5. The zero-order valence-corrected chi connectivity index (χ0v) is 10.9. The molecule has 0 bridgehead atoms. The van der Waals surface area contributed by atoms with Crippen molar-refractivity contribution in [1.29, 1.82) is 5.26 Å². The lowest BCUT2D eigenvalue weighted by Crippen LogP contribution is -2.50. The van der Waals surface area contributed by atoms with Crippen molar-refractivity contribution < 1.29 is 19.6 Å². The number of carboxylic acid groups (broad SMARTS) is 1. The fourth-order valence-corrected chi connectivity index (χ4v) is 2.11. The van der Waals surface area contributed by atoms with Gasteiger partial charge in [-0.1, -0.05) is 0 Å². The van der Waals surface area contributed by atoms with E-state index in [4.69, 9.17) is 10.00 Å². The number of pyridine rings is 1. The highest BCUT2D eigenvalue weighted by atomic mass is 16.6. The number of nitriles is 1. The van der Waals surface area contributed by atoms with E-state index in [1.807, 2.05) is 0 Å². The van der Waals surface area contributed by atoms with Crippen LogP contribution in [0.5, 0.6) is 0 Å². The summed E-state index contributed by atoms with van der Waals surface area (Å²) in [5.74, 6) is -0.939. The van der Waals surface area contributed by atoms with Crippen molar-refractivity contribution in [1.82, 2.24) is 4.98 Å². The van der Waals surface area contributed by atoms with Crippen LogP contribution in [0.25, 0.3) is 0 Å². The van der Waals surface area contributed by atoms with Gasteiger partial charge in [-0.05, 0) is 6.07 Å². The number of anilines is 1. The molecule has 1 aromatic heterocycles. The molecule has 9 heteroatoms. The maximum Gasteiger partial charge on any atom is 0.329 e. The van der Waals surface area contributed by atoms with E-state index in [0.29, 0.717) is 0 Å². The van der Waals surface area contributed by atoms with E-state index >= 15 is 0 Å². The number of rotatable bonds is 4. The van der Waals surface area contributed by atoms with Gasteiger partial charge >= 0.3 is 11.7 Å². The molecular weight excluding hydrogens is 280 g/mol. The Kier molecular flexibility index (Phi) is 4.00. The molecule has 0 spiro atoms. The van der Waals surface area contributed by atoms with Gasteiger partial charge in [0.25, 0.3) is 0 Å². The van der Waals surface area contributed by atoms with Gasteiger partial charge in [-0.15, -0.1) is 0 Å². The molecule has 0 amide bonds. The number of hydrogen-bond acceptors (Lipinski definition) is 7. The molecule has 1 saturated heterocycles. The number of nitrogens with zero attached hydrogens (tertiary/aromatic N) is 3. The quantitative estimate of drug-likeness (QED) is 0.616. The standard InChI is InChI=1S/C12H12N4O5/c13-7-8-9(16(19)20)1-2-10(14-8)15-12(11(17)18)3-5-21-6-4-12/h1-2H,3-6H2,(H,14,15)(H,17,18). The van der Waals surface area contributed by atoms with Crippen molar-refractivity contribution >= 4 is 17.5 Å². The van der Waals surface area contributed by atoms with Crippen molar-refractivity contribution in [2.45, 2.75) is 18.4 Å². The summed E-state index contributed by atoms with van der Waals surface area (Å²) in [6, 6.07) is 4.05. The average Bonchev–Trinajstić information content (AvgIpc) is 2.47. The molecule has 9 nitrogen and oxygen atoms in total. The van der Waals surface area contributed by atoms with E-state index in [-0.39, 0.29) is 37.6 Å². The molecule has 0 saturated carbocycles. The second-order valence-corrected chi connectivity index (χ2v) is 4.56. The SMILES string of the molecule is N#Cc1nc(NC2(C(=O)O)CCOCC2)ccc1[N+](=O)[O-]. The maximum absolute atomic E-state index is 11.5. The minimum absolute atomic E-state index is 0.112. The van der Waals surface area contributed by atoms with E-state index in [1.54, 1.807) is 6.07 Å². The molecule has 0 radical (unpaired) electrons. The number of ether oxygens (including phenoxy) is 1. The van der Waals surface area contributed by atoms with E-state index < -0.39 is 22.1 Å². The summed E-state index contributed by atoms with van der Waals surface area (Å²) >= 11 is 0. The van der Waals surface area contributed by atoms with Crippen molar-refractivity contribution in [3.05, 3.63) is 27.9 Å². The Labute approximate surface area is 119 Å². The van der Waals surface area contributed by atoms with Crippen molar-refractivity contribution in [2.24, 2.45) is 0 Å². The average molecular weight is 292 g/mol. The number of aliphatic carboxylic acids is 1. The van der Waals surface area contributed by atoms with Crippen LogP contribution in [0.3, 0.4) is 0 Å². The molecule has 2 rings (SSSR count). The predicted molar refractivity (Wildman–Crippen MR) is 69.6 cm³/mol. The number of carboxylic acids is 1. The first kappa shape index (κ1) is 14.7. The van der Waals surface area contributed by atoms with Crippen molar-refractivity contribution in [3.63, 3.8) is 0 Å². The van der Waals surface area contributed by atoms with E-state index in [0.717, 1.165) is 6.07 Å². The Morgan fingerprint density at radius 1 is 1.52 bits per heavy atom. The van der Waals surface area contributed by atoms with Gasteiger partial charge in [0, 0.05) is 32.1 Å². The molecule has 110 valence electrons. The van der Waals surface area contributed by atoms with Crippen LogP contribution >= 0.6 is 0 Å². The lowest BCUT2D eigenvalue weighted by Gasteiger charge is -2.34. The van der Waals surface area contributed by atoms with Crippen LogP contribution in [0.2, 0.25) is 0 Å².